The maximum absolute atomic E-state index is 12.6. The third-order valence-electron chi connectivity index (χ3n) is 3.65. The van der Waals surface area contributed by atoms with Crippen LogP contribution in [0.4, 0.5) is 0 Å². The number of carbonyl (C=O) groups excluding carboxylic acids is 1. The molecule has 5 nitrogen and oxygen atoms in total. The summed E-state index contributed by atoms with van der Waals surface area (Å²) in [6.45, 7) is 5.71. The van der Waals surface area contributed by atoms with Gasteiger partial charge >= 0.3 is 0 Å². The molecule has 0 saturated carbocycles. The lowest BCUT2D eigenvalue weighted by Gasteiger charge is -2.35. The molecule has 0 aromatic heterocycles. The number of amides is 1. The average Bonchev–Trinajstić information content (AvgIpc) is 2.35. The van der Waals surface area contributed by atoms with Crippen molar-refractivity contribution in [3.8, 4) is 0 Å². The summed E-state index contributed by atoms with van der Waals surface area (Å²) in [7, 11) is -2.42. The van der Waals surface area contributed by atoms with Gasteiger partial charge in [0.1, 0.15) is 4.90 Å². The van der Waals surface area contributed by atoms with Gasteiger partial charge in [0.05, 0.1) is 15.6 Å². The quantitative estimate of drug-likeness (QED) is 0.904. The third-order valence-corrected chi connectivity index (χ3v) is 5.43. The maximum Gasteiger partial charge on any atom is 0.257 e. The standard InChI is InChI=1S/C13H18Cl2N2O3S/c1-5-13(2,3)17(4)12(18)10-8(14)6-7-9(11(10)15)21(16,19)20/h6-7H,5H2,1-4H3,(H2,16,19,20). The Hall–Kier alpha value is -0.820. The van der Waals surface area contributed by atoms with Crippen LogP contribution in [0.2, 0.25) is 10.0 Å². The molecule has 0 unspecified atom stereocenters. The molecule has 0 heterocycles. The number of carbonyl (C=O) groups is 1. The number of nitrogens with zero attached hydrogens (tertiary/aromatic N) is 1. The molecule has 0 atom stereocenters. The highest BCUT2D eigenvalue weighted by Gasteiger charge is 2.31. The van der Waals surface area contributed by atoms with Gasteiger partial charge in [0.25, 0.3) is 5.91 Å². The van der Waals surface area contributed by atoms with E-state index in [1.54, 1.807) is 7.05 Å². The first kappa shape index (κ1) is 18.2. The van der Waals surface area contributed by atoms with E-state index in [2.05, 4.69) is 0 Å². The van der Waals surface area contributed by atoms with Gasteiger partial charge in [-0.25, -0.2) is 13.6 Å². The lowest BCUT2D eigenvalue weighted by atomic mass is 9.99. The highest BCUT2D eigenvalue weighted by Crippen LogP contribution is 2.33. The second-order valence-corrected chi connectivity index (χ2v) is 7.62. The van der Waals surface area contributed by atoms with Crippen LogP contribution in [-0.2, 0) is 10.0 Å². The summed E-state index contributed by atoms with van der Waals surface area (Å²) in [5, 5.41) is 4.91. The number of rotatable bonds is 4. The Morgan fingerprint density at radius 1 is 1.33 bits per heavy atom. The Labute approximate surface area is 135 Å². The number of hydrogen-bond donors (Lipinski definition) is 1. The van der Waals surface area contributed by atoms with Gasteiger partial charge in [-0.2, -0.15) is 0 Å². The van der Waals surface area contributed by atoms with Crippen molar-refractivity contribution in [1.29, 1.82) is 0 Å². The van der Waals surface area contributed by atoms with Crippen molar-refractivity contribution in [2.75, 3.05) is 7.05 Å². The molecule has 8 heteroatoms. The van der Waals surface area contributed by atoms with Crippen LogP contribution < -0.4 is 5.14 Å². The van der Waals surface area contributed by atoms with Gasteiger partial charge in [0.2, 0.25) is 10.0 Å². The molecule has 0 aliphatic heterocycles. The summed E-state index contributed by atoms with van der Waals surface area (Å²) in [5.41, 5.74) is -0.490. The minimum atomic E-state index is -4.03. The van der Waals surface area contributed by atoms with Crippen LogP contribution in [0.1, 0.15) is 37.6 Å². The minimum absolute atomic E-state index is 0.0612. The molecule has 0 aliphatic carbocycles. The van der Waals surface area contributed by atoms with E-state index in [1.807, 2.05) is 20.8 Å². The molecule has 21 heavy (non-hydrogen) atoms. The summed E-state index contributed by atoms with van der Waals surface area (Å²) in [6, 6.07) is 2.48. The van der Waals surface area contributed by atoms with E-state index in [4.69, 9.17) is 28.3 Å². The predicted molar refractivity (Wildman–Crippen MR) is 84.3 cm³/mol. The van der Waals surface area contributed by atoms with Crippen molar-refractivity contribution in [1.82, 2.24) is 4.90 Å². The Morgan fingerprint density at radius 2 is 1.86 bits per heavy atom. The van der Waals surface area contributed by atoms with Gasteiger partial charge in [-0.3, -0.25) is 4.79 Å². The first-order chi connectivity index (χ1) is 9.43. The topological polar surface area (TPSA) is 80.5 Å². The number of primary sulfonamides is 1. The molecule has 0 bridgehead atoms. The fourth-order valence-electron chi connectivity index (χ4n) is 1.63. The molecule has 0 fully saturated rings. The summed E-state index contributed by atoms with van der Waals surface area (Å²) < 4.78 is 23.0. The third kappa shape index (κ3) is 3.69. The fourth-order valence-corrected chi connectivity index (χ4v) is 3.09. The van der Waals surface area contributed by atoms with Crippen molar-refractivity contribution >= 4 is 39.1 Å². The summed E-state index contributed by atoms with van der Waals surface area (Å²) in [5.74, 6) is -0.456. The smallest absolute Gasteiger partial charge is 0.257 e. The second kappa shape index (κ2) is 6.12. The monoisotopic (exact) mass is 352 g/mol. The SMILES string of the molecule is CCC(C)(C)N(C)C(=O)c1c(Cl)ccc(S(N)(=O)=O)c1Cl. The fraction of sp³-hybridized carbons (Fsp3) is 0.462. The van der Waals surface area contributed by atoms with Crippen LogP contribution in [0.3, 0.4) is 0 Å². The first-order valence-electron chi connectivity index (χ1n) is 6.22. The van der Waals surface area contributed by atoms with E-state index in [9.17, 15) is 13.2 Å². The number of nitrogens with two attached hydrogens (primary N) is 1. The highest BCUT2D eigenvalue weighted by atomic mass is 35.5. The van der Waals surface area contributed by atoms with Crippen LogP contribution in [0.5, 0.6) is 0 Å². The number of hydrogen-bond acceptors (Lipinski definition) is 3. The largest absolute Gasteiger partial charge is 0.337 e. The molecule has 0 saturated heterocycles. The molecule has 1 amide bonds. The highest BCUT2D eigenvalue weighted by molar-refractivity contribution is 7.89. The van der Waals surface area contributed by atoms with Crippen molar-refractivity contribution in [2.24, 2.45) is 5.14 Å². The van der Waals surface area contributed by atoms with E-state index in [-0.39, 0.29) is 20.5 Å². The zero-order valence-electron chi connectivity index (χ0n) is 12.3. The Bertz CT molecular complexity index is 672. The minimum Gasteiger partial charge on any atom is -0.337 e. The zero-order chi connectivity index (χ0) is 16.6. The predicted octanol–water partition coefficient (Wildman–Crippen LogP) is 2.90. The van der Waals surface area contributed by atoms with Crippen LogP contribution in [0.15, 0.2) is 17.0 Å². The molecule has 1 aromatic rings. The number of benzene rings is 1. The number of sulfonamides is 1. The lowest BCUT2D eigenvalue weighted by molar-refractivity contribution is 0.0620. The van der Waals surface area contributed by atoms with E-state index in [0.717, 1.165) is 0 Å². The van der Waals surface area contributed by atoms with Gasteiger partial charge in [0, 0.05) is 12.6 Å². The van der Waals surface area contributed by atoms with Crippen molar-refractivity contribution < 1.29 is 13.2 Å². The normalized spacial score (nSPS) is 12.3. The molecular formula is C13H18Cl2N2O3S. The Morgan fingerprint density at radius 3 is 2.29 bits per heavy atom. The molecular weight excluding hydrogens is 335 g/mol. The zero-order valence-corrected chi connectivity index (χ0v) is 14.6. The van der Waals surface area contributed by atoms with Crippen LogP contribution in [0.25, 0.3) is 0 Å². The van der Waals surface area contributed by atoms with Crippen molar-refractivity contribution in [2.45, 2.75) is 37.6 Å². The van der Waals surface area contributed by atoms with Gasteiger partial charge in [-0.15, -0.1) is 0 Å². The number of halogens is 2. The van der Waals surface area contributed by atoms with Crippen LogP contribution in [0, 0.1) is 0 Å². The van der Waals surface area contributed by atoms with Crippen LogP contribution >= 0.6 is 23.2 Å². The molecule has 1 aromatic carbocycles. The first-order valence-corrected chi connectivity index (χ1v) is 8.52. The molecule has 118 valence electrons. The van der Waals surface area contributed by atoms with Gasteiger partial charge in [-0.1, -0.05) is 30.1 Å². The van der Waals surface area contributed by atoms with Gasteiger partial charge in [0.15, 0.2) is 0 Å². The van der Waals surface area contributed by atoms with Gasteiger partial charge < -0.3 is 4.90 Å². The summed E-state index contributed by atoms with van der Waals surface area (Å²) in [4.78, 5) is 13.8. The Kier molecular flexibility index (Phi) is 5.31. The van der Waals surface area contributed by atoms with Gasteiger partial charge in [-0.05, 0) is 32.4 Å². The molecule has 2 N–H and O–H groups in total. The maximum atomic E-state index is 12.6. The van der Waals surface area contributed by atoms with Crippen molar-refractivity contribution in [3.05, 3.63) is 27.7 Å². The van der Waals surface area contributed by atoms with Crippen LogP contribution in [-0.4, -0.2) is 31.8 Å². The molecule has 0 radical (unpaired) electrons. The van der Waals surface area contributed by atoms with E-state index in [0.29, 0.717) is 6.42 Å². The summed E-state index contributed by atoms with van der Waals surface area (Å²) in [6.07, 6.45) is 0.708. The van der Waals surface area contributed by atoms with E-state index < -0.39 is 21.5 Å². The van der Waals surface area contributed by atoms with Crippen molar-refractivity contribution in [3.63, 3.8) is 0 Å². The molecule has 0 spiro atoms. The molecule has 0 aliphatic rings. The molecule has 1 rings (SSSR count). The van der Waals surface area contributed by atoms with E-state index in [1.165, 1.54) is 17.0 Å². The second-order valence-electron chi connectivity index (χ2n) is 5.31. The Balaban J connectivity index is 3.48. The summed E-state index contributed by atoms with van der Waals surface area (Å²) >= 11 is 12.1. The van der Waals surface area contributed by atoms with E-state index >= 15 is 0 Å². The average molecular weight is 353 g/mol. The lowest BCUT2D eigenvalue weighted by Crippen LogP contribution is -2.44.